The molecule has 1 aromatic rings. The largest absolute Gasteiger partial charge is 0.425 e. The molecule has 4 unspecified atom stereocenters. The summed E-state index contributed by atoms with van der Waals surface area (Å²) in [5.41, 5.74) is 0.298. The fraction of sp³-hybridized carbons (Fsp3) is 0.667. The van der Waals surface area contributed by atoms with Gasteiger partial charge in [0.25, 0.3) is 0 Å². The van der Waals surface area contributed by atoms with Crippen LogP contribution >= 0.6 is 11.8 Å². The molecule has 2 saturated heterocycles. The lowest BCUT2D eigenvalue weighted by atomic mass is 9.78. The smallest absolute Gasteiger partial charge is 0.328 e. The number of ether oxygens (including phenoxy) is 1. The van der Waals surface area contributed by atoms with E-state index in [1.807, 2.05) is 0 Å². The van der Waals surface area contributed by atoms with Crippen LogP contribution in [0.4, 0.5) is 0 Å². The van der Waals surface area contributed by atoms with E-state index in [2.05, 4.69) is 29.8 Å². The Kier molecular flexibility index (Phi) is 9.25. The molecular formula is C27H39N3O4S. The molecule has 0 radical (unpaired) electrons. The molecule has 2 aliphatic heterocycles. The Morgan fingerprint density at radius 2 is 1.80 bits per heavy atom. The predicted octanol–water partition coefficient (Wildman–Crippen LogP) is 3.87. The Morgan fingerprint density at radius 3 is 2.46 bits per heavy atom. The Bertz CT molecular complexity index is 879. The monoisotopic (exact) mass is 501 g/mol. The molecule has 1 aromatic carbocycles. The van der Waals surface area contributed by atoms with Gasteiger partial charge in [0.2, 0.25) is 5.91 Å². The number of carbonyl (C=O) groups is 3. The molecule has 1 saturated carbocycles. The maximum Gasteiger partial charge on any atom is 0.328 e. The van der Waals surface area contributed by atoms with Gasteiger partial charge in [-0.3, -0.25) is 14.9 Å². The van der Waals surface area contributed by atoms with Crippen LogP contribution in [-0.4, -0.2) is 47.5 Å². The molecule has 8 heteroatoms. The molecule has 3 fully saturated rings. The molecule has 35 heavy (non-hydrogen) atoms. The highest BCUT2D eigenvalue weighted by Crippen LogP contribution is 2.33. The van der Waals surface area contributed by atoms with E-state index in [4.69, 9.17) is 4.74 Å². The lowest BCUT2D eigenvalue weighted by molar-refractivity contribution is -0.136. The highest BCUT2D eigenvalue weighted by molar-refractivity contribution is 8.00. The SMILES string of the molecule is CC(C)C1C(=O)NC(SCC(=O)c2ccc(OC(=O)C3CCCN3)cc2)NC1CC1CCCCC1. The van der Waals surface area contributed by atoms with Gasteiger partial charge in [-0.2, -0.15) is 0 Å². The van der Waals surface area contributed by atoms with Crippen LogP contribution in [0.5, 0.6) is 5.75 Å². The molecule has 3 N–H and O–H groups in total. The molecule has 4 atom stereocenters. The summed E-state index contributed by atoms with van der Waals surface area (Å²) in [5, 5.41) is 9.84. The van der Waals surface area contributed by atoms with Gasteiger partial charge in [0.15, 0.2) is 5.78 Å². The predicted molar refractivity (Wildman–Crippen MR) is 138 cm³/mol. The van der Waals surface area contributed by atoms with Crippen molar-refractivity contribution >= 4 is 29.4 Å². The third-order valence-corrected chi connectivity index (χ3v) is 8.54. The van der Waals surface area contributed by atoms with Gasteiger partial charge in [-0.05, 0) is 61.9 Å². The second-order valence-corrected chi connectivity index (χ2v) is 11.6. The number of esters is 1. The minimum absolute atomic E-state index is 0.0174. The lowest BCUT2D eigenvalue weighted by Gasteiger charge is -2.41. The number of nitrogens with one attached hydrogen (secondary N) is 3. The first-order valence-electron chi connectivity index (χ1n) is 13.2. The van der Waals surface area contributed by atoms with Crippen molar-refractivity contribution < 1.29 is 19.1 Å². The van der Waals surface area contributed by atoms with Crippen LogP contribution in [0.25, 0.3) is 0 Å². The number of benzene rings is 1. The maximum absolute atomic E-state index is 12.9. The van der Waals surface area contributed by atoms with E-state index in [0.29, 0.717) is 17.2 Å². The van der Waals surface area contributed by atoms with Gasteiger partial charge in [0, 0.05) is 11.6 Å². The van der Waals surface area contributed by atoms with Gasteiger partial charge in [-0.1, -0.05) is 46.0 Å². The number of carbonyl (C=O) groups excluding carboxylic acids is 3. The first-order valence-corrected chi connectivity index (χ1v) is 14.2. The molecule has 2 heterocycles. The van der Waals surface area contributed by atoms with E-state index in [-0.39, 0.29) is 52.8 Å². The van der Waals surface area contributed by atoms with E-state index in [9.17, 15) is 14.4 Å². The van der Waals surface area contributed by atoms with Crippen molar-refractivity contribution in [3.63, 3.8) is 0 Å². The third kappa shape index (κ3) is 7.08. The summed E-state index contributed by atoms with van der Waals surface area (Å²) in [6.07, 6.45) is 9.20. The van der Waals surface area contributed by atoms with Crippen LogP contribution in [0.2, 0.25) is 0 Å². The second-order valence-electron chi connectivity index (χ2n) is 10.5. The lowest BCUT2D eigenvalue weighted by Crippen LogP contribution is -2.61. The number of ketones is 1. The third-order valence-electron chi connectivity index (χ3n) is 7.53. The minimum atomic E-state index is -0.279. The first kappa shape index (κ1) is 26.2. The Labute approximate surface area is 212 Å². The van der Waals surface area contributed by atoms with E-state index < -0.39 is 0 Å². The van der Waals surface area contributed by atoms with Gasteiger partial charge in [-0.25, -0.2) is 4.79 Å². The Hall–Kier alpha value is -1.90. The Balaban J connectivity index is 1.29. The van der Waals surface area contributed by atoms with E-state index in [1.165, 1.54) is 43.9 Å². The van der Waals surface area contributed by atoms with Gasteiger partial charge in [0.1, 0.15) is 17.3 Å². The molecule has 0 spiro atoms. The van der Waals surface area contributed by atoms with E-state index in [0.717, 1.165) is 25.8 Å². The fourth-order valence-corrected chi connectivity index (χ4v) is 6.58. The minimum Gasteiger partial charge on any atom is -0.425 e. The normalized spacial score (nSPS) is 27.6. The Morgan fingerprint density at radius 1 is 1.06 bits per heavy atom. The van der Waals surface area contributed by atoms with Crippen LogP contribution in [0, 0.1) is 17.8 Å². The number of Topliss-reactive ketones (excluding diaryl/α,β-unsaturated/α-hetero) is 1. The summed E-state index contributed by atoms with van der Waals surface area (Å²) in [6, 6.07) is 6.62. The highest BCUT2D eigenvalue weighted by Gasteiger charge is 2.39. The number of thioether (sulfide) groups is 1. The number of amides is 1. The maximum atomic E-state index is 12.9. The van der Waals surface area contributed by atoms with Crippen molar-refractivity contribution in [2.75, 3.05) is 12.3 Å². The number of rotatable bonds is 9. The standard InChI is InChI=1S/C27H39N3O4S/c1-17(2)24-22(15-18-7-4-3-5-8-18)29-27(30-25(24)32)35-16-23(31)19-10-12-20(13-11-19)34-26(33)21-9-6-14-28-21/h10-13,17-18,21-22,24,27-29H,3-9,14-16H2,1-2H3,(H,30,32). The molecule has 192 valence electrons. The van der Waals surface area contributed by atoms with Crippen molar-refractivity contribution in [3.05, 3.63) is 29.8 Å². The van der Waals surface area contributed by atoms with Crippen molar-refractivity contribution in [1.29, 1.82) is 0 Å². The molecule has 0 bridgehead atoms. The second kappa shape index (κ2) is 12.4. The van der Waals surface area contributed by atoms with Crippen LogP contribution < -0.4 is 20.7 Å². The van der Waals surface area contributed by atoms with Gasteiger partial charge in [-0.15, -0.1) is 11.8 Å². The number of hydrogen-bond acceptors (Lipinski definition) is 7. The van der Waals surface area contributed by atoms with Gasteiger partial charge < -0.3 is 15.4 Å². The van der Waals surface area contributed by atoms with Crippen LogP contribution in [-0.2, 0) is 9.59 Å². The molecule has 4 rings (SSSR count). The first-order chi connectivity index (χ1) is 16.9. The quantitative estimate of drug-likeness (QED) is 0.268. The summed E-state index contributed by atoms with van der Waals surface area (Å²) < 4.78 is 5.43. The molecule has 7 nitrogen and oxygen atoms in total. The zero-order chi connectivity index (χ0) is 24.8. The van der Waals surface area contributed by atoms with Crippen LogP contribution in [0.3, 0.4) is 0 Å². The zero-order valence-corrected chi connectivity index (χ0v) is 21.7. The molecule has 0 aromatic heterocycles. The average Bonchev–Trinajstić information content (AvgIpc) is 3.38. The summed E-state index contributed by atoms with van der Waals surface area (Å²) in [7, 11) is 0. The van der Waals surface area contributed by atoms with E-state index in [1.54, 1.807) is 24.3 Å². The zero-order valence-electron chi connectivity index (χ0n) is 20.9. The average molecular weight is 502 g/mol. The van der Waals surface area contributed by atoms with Crippen LogP contribution in [0.1, 0.15) is 75.6 Å². The van der Waals surface area contributed by atoms with Crippen LogP contribution in [0.15, 0.2) is 24.3 Å². The molecule has 3 aliphatic rings. The van der Waals surface area contributed by atoms with Gasteiger partial charge in [0.05, 0.1) is 11.7 Å². The summed E-state index contributed by atoms with van der Waals surface area (Å²) in [5.74, 6) is 1.39. The fourth-order valence-electron chi connectivity index (χ4n) is 5.63. The highest BCUT2D eigenvalue weighted by atomic mass is 32.2. The van der Waals surface area contributed by atoms with E-state index >= 15 is 0 Å². The summed E-state index contributed by atoms with van der Waals surface area (Å²) >= 11 is 1.43. The molecule has 1 aliphatic carbocycles. The van der Waals surface area contributed by atoms with Crippen molar-refractivity contribution in [2.45, 2.75) is 82.8 Å². The molecule has 1 amide bonds. The summed E-state index contributed by atoms with van der Waals surface area (Å²) in [6.45, 7) is 5.06. The van der Waals surface area contributed by atoms with Gasteiger partial charge >= 0.3 is 5.97 Å². The summed E-state index contributed by atoms with van der Waals surface area (Å²) in [4.78, 5) is 37.9. The van der Waals surface area contributed by atoms with Crippen molar-refractivity contribution in [3.8, 4) is 5.75 Å². The number of hydrogen-bond donors (Lipinski definition) is 3. The van der Waals surface area contributed by atoms with Crippen molar-refractivity contribution in [1.82, 2.24) is 16.0 Å². The molecular weight excluding hydrogens is 462 g/mol. The topological polar surface area (TPSA) is 96.5 Å². The van der Waals surface area contributed by atoms with Crippen molar-refractivity contribution in [2.24, 2.45) is 17.8 Å².